The molecule has 138 valence electrons. The fourth-order valence-electron chi connectivity index (χ4n) is 2.87. The van der Waals surface area contributed by atoms with Crippen molar-refractivity contribution in [3.05, 3.63) is 59.3 Å². The molecule has 0 unspecified atom stereocenters. The maximum Gasteiger partial charge on any atom is 0.188 e. The standard InChI is InChI=1S/C18H21F2N5S/c19-15-4-1-5-16(20)14(15)12-26-17-13(3-2-6-23-17)11-24-7-9-25(10-8-24)18(21)22/h1-6H,7-12H2,(H3,21,22). The van der Waals surface area contributed by atoms with Gasteiger partial charge < -0.3 is 10.6 Å². The Labute approximate surface area is 155 Å². The topological polar surface area (TPSA) is 69.2 Å². The minimum atomic E-state index is -0.532. The van der Waals surface area contributed by atoms with Gasteiger partial charge in [0.05, 0.1) is 0 Å². The Kier molecular flexibility index (Phi) is 6.05. The van der Waals surface area contributed by atoms with Crippen molar-refractivity contribution in [2.75, 3.05) is 26.2 Å². The van der Waals surface area contributed by atoms with Gasteiger partial charge in [0.25, 0.3) is 0 Å². The molecule has 1 aromatic carbocycles. The molecular weight excluding hydrogens is 356 g/mol. The number of aromatic nitrogens is 1. The Morgan fingerprint density at radius 3 is 2.46 bits per heavy atom. The van der Waals surface area contributed by atoms with Crippen molar-refractivity contribution < 1.29 is 8.78 Å². The van der Waals surface area contributed by atoms with Crippen LogP contribution in [-0.4, -0.2) is 46.9 Å². The van der Waals surface area contributed by atoms with Crippen LogP contribution in [-0.2, 0) is 12.3 Å². The van der Waals surface area contributed by atoms with Crippen LogP contribution < -0.4 is 5.73 Å². The van der Waals surface area contributed by atoms with Crippen molar-refractivity contribution in [1.82, 2.24) is 14.8 Å². The second kappa shape index (κ2) is 8.46. The lowest BCUT2D eigenvalue weighted by Gasteiger charge is -2.35. The van der Waals surface area contributed by atoms with Crippen LogP contribution in [0.1, 0.15) is 11.1 Å². The lowest BCUT2D eigenvalue weighted by Crippen LogP contribution is -2.50. The number of nitrogens with zero attached hydrogens (tertiary/aromatic N) is 3. The van der Waals surface area contributed by atoms with E-state index in [4.69, 9.17) is 11.1 Å². The van der Waals surface area contributed by atoms with E-state index >= 15 is 0 Å². The number of guanidine groups is 1. The van der Waals surface area contributed by atoms with Crippen molar-refractivity contribution >= 4 is 17.7 Å². The minimum Gasteiger partial charge on any atom is -0.370 e. The summed E-state index contributed by atoms with van der Waals surface area (Å²) in [5.41, 5.74) is 6.63. The third kappa shape index (κ3) is 4.50. The van der Waals surface area contributed by atoms with Gasteiger partial charge in [-0.15, -0.1) is 11.8 Å². The van der Waals surface area contributed by atoms with E-state index in [-0.39, 0.29) is 17.3 Å². The van der Waals surface area contributed by atoms with Gasteiger partial charge in [-0.05, 0) is 23.8 Å². The predicted molar refractivity (Wildman–Crippen MR) is 98.9 cm³/mol. The highest BCUT2D eigenvalue weighted by Crippen LogP contribution is 2.27. The largest absolute Gasteiger partial charge is 0.370 e. The highest BCUT2D eigenvalue weighted by atomic mass is 32.2. The summed E-state index contributed by atoms with van der Waals surface area (Å²) in [6.45, 7) is 3.76. The molecule has 0 radical (unpaired) electrons. The van der Waals surface area contributed by atoms with Gasteiger partial charge in [-0.25, -0.2) is 13.8 Å². The molecule has 1 aliphatic rings. The number of halogens is 2. The van der Waals surface area contributed by atoms with Crippen LogP contribution in [0, 0.1) is 17.0 Å². The van der Waals surface area contributed by atoms with Gasteiger partial charge >= 0.3 is 0 Å². The molecule has 3 rings (SSSR count). The van der Waals surface area contributed by atoms with E-state index in [0.717, 1.165) is 36.8 Å². The van der Waals surface area contributed by atoms with Gasteiger partial charge in [0.2, 0.25) is 0 Å². The minimum absolute atomic E-state index is 0.0733. The molecule has 0 spiro atoms. The smallest absolute Gasteiger partial charge is 0.188 e. The number of nitrogens with one attached hydrogen (secondary N) is 1. The highest BCUT2D eigenvalue weighted by molar-refractivity contribution is 7.98. The number of pyridine rings is 1. The third-order valence-corrected chi connectivity index (χ3v) is 5.45. The second-order valence-electron chi connectivity index (χ2n) is 6.11. The Morgan fingerprint density at radius 1 is 1.12 bits per heavy atom. The molecular formula is C18H21F2N5S. The van der Waals surface area contributed by atoms with Crippen LogP contribution in [0.5, 0.6) is 0 Å². The highest BCUT2D eigenvalue weighted by Gasteiger charge is 2.19. The summed E-state index contributed by atoms with van der Waals surface area (Å²) < 4.78 is 27.6. The van der Waals surface area contributed by atoms with Crippen molar-refractivity contribution in [1.29, 1.82) is 5.41 Å². The molecule has 1 fully saturated rings. The Balaban J connectivity index is 1.64. The van der Waals surface area contributed by atoms with Crippen molar-refractivity contribution in [2.45, 2.75) is 17.3 Å². The van der Waals surface area contributed by atoms with E-state index in [1.165, 1.54) is 30.0 Å². The van der Waals surface area contributed by atoms with Crippen LogP contribution in [0.3, 0.4) is 0 Å². The summed E-state index contributed by atoms with van der Waals surface area (Å²) in [5.74, 6) is -0.763. The first-order valence-corrected chi connectivity index (χ1v) is 9.34. The molecule has 8 heteroatoms. The summed E-state index contributed by atoms with van der Waals surface area (Å²) in [6, 6.07) is 7.77. The SMILES string of the molecule is N=C(N)N1CCN(Cc2cccnc2SCc2c(F)cccc2F)CC1. The summed E-state index contributed by atoms with van der Waals surface area (Å²) in [6.07, 6.45) is 1.69. The lowest BCUT2D eigenvalue weighted by molar-refractivity contribution is 0.172. The normalized spacial score (nSPS) is 15.2. The lowest BCUT2D eigenvalue weighted by atomic mass is 10.2. The van der Waals surface area contributed by atoms with E-state index < -0.39 is 11.6 Å². The van der Waals surface area contributed by atoms with E-state index in [2.05, 4.69) is 9.88 Å². The number of thioether (sulfide) groups is 1. The average Bonchev–Trinajstić information content (AvgIpc) is 2.63. The van der Waals surface area contributed by atoms with Gasteiger partial charge in [-0.1, -0.05) is 12.1 Å². The molecule has 0 saturated carbocycles. The van der Waals surface area contributed by atoms with E-state index in [0.29, 0.717) is 6.54 Å². The first kappa shape index (κ1) is 18.6. The Bertz CT molecular complexity index is 758. The van der Waals surface area contributed by atoms with Crippen molar-refractivity contribution in [3.63, 3.8) is 0 Å². The van der Waals surface area contributed by atoms with Gasteiger partial charge in [0, 0.05) is 50.2 Å². The molecule has 3 N–H and O–H groups in total. The monoisotopic (exact) mass is 377 g/mol. The first-order valence-electron chi connectivity index (χ1n) is 8.35. The number of nitrogens with two attached hydrogens (primary N) is 1. The molecule has 0 aliphatic carbocycles. The quantitative estimate of drug-likeness (QED) is 0.476. The summed E-state index contributed by atoms with van der Waals surface area (Å²) in [5, 5.41) is 8.27. The van der Waals surface area contributed by atoms with Crippen LogP contribution >= 0.6 is 11.8 Å². The predicted octanol–water partition coefficient (Wildman–Crippen LogP) is 2.66. The summed E-state index contributed by atoms with van der Waals surface area (Å²) in [7, 11) is 0. The fourth-order valence-corrected chi connectivity index (χ4v) is 3.88. The third-order valence-electron chi connectivity index (χ3n) is 4.37. The van der Waals surface area contributed by atoms with Crippen molar-refractivity contribution in [2.24, 2.45) is 5.73 Å². The fraction of sp³-hybridized carbons (Fsp3) is 0.333. The maximum atomic E-state index is 13.8. The zero-order chi connectivity index (χ0) is 18.5. The molecule has 2 heterocycles. The number of hydrogen-bond donors (Lipinski definition) is 2. The molecule has 2 aromatic rings. The Hall–Kier alpha value is -2.19. The summed E-state index contributed by atoms with van der Waals surface area (Å²) in [4.78, 5) is 8.50. The van der Waals surface area contributed by atoms with Crippen molar-refractivity contribution in [3.8, 4) is 0 Å². The molecule has 0 amide bonds. The Morgan fingerprint density at radius 2 is 1.81 bits per heavy atom. The van der Waals surface area contributed by atoms with Gasteiger partial charge in [-0.3, -0.25) is 10.3 Å². The van der Waals surface area contributed by atoms with E-state index in [1.54, 1.807) is 6.20 Å². The van der Waals surface area contributed by atoms with Crippen LogP contribution in [0.15, 0.2) is 41.6 Å². The number of benzene rings is 1. The average molecular weight is 377 g/mol. The maximum absolute atomic E-state index is 13.8. The van der Waals surface area contributed by atoms with E-state index in [9.17, 15) is 8.78 Å². The first-order chi connectivity index (χ1) is 12.5. The van der Waals surface area contributed by atoms with Crippen LogP contribution in [0.2, 0.25) is 0 Å². The number of rotatable bonds is 5. The molecule has 5 nitrogen and oxygen atoms in total. The van der Waals surface area contributed by atoms with Gasteiger partial charge in [0.15, 0.2) is 5.96 Å². The second-order valence-corrected chi connectivity index (χ2v) is 7.07. The van der Waals surface area contributed by atoms with Gasteiger partial charge in [-0.2, -0.15) is 0 Å². The molecule has 0 atom stereocenters. The molecule has 0 bridgehead atoms. The summed E-state index contributed by atoms with van der Waals surface area (Å²) >= 11 is 1.34. The molecule has 1 saturated heterocycles. The van der Waals surface area contributed by atoms with E-state index in [1.807, 2.05) is 17.0 Å². The molecule has 26 heavy (non-hydrogen) atoms. The zero-order valence-corrected chi connectivity index (χ0v) is 15.1. The number of hydrogen-bond acceptors (Lipinski definition) is 4. The van der Waals surface area contributed by atoms with Crippen LogP contribution in [0.25, 0.3) is 0 Å². The number of piperazine rings is 1. The zero-order valence-electron chi connectivity index (χ0n) is 14.3. The van der Waals surface area contributed by atoms with Crippen LogP contribution in [0.4, 0.5) is 8.78 Å². The molecule has 1 aromatic heterocycles. The van der Waals surface area contributed by atoms with Gasteiger partial charge in [0.1, 0.15) is 16.7 Å². The molecule has 1 aliphatic heterocycles.